The predicted octanol–water partition coefficient (Wildman–Crippen LogP) is 4.90. The van der Waals surface area contributed by atoms with Crippen LogP contribution >= 0.6 is 11.3 Å². The van der Waals surface area contributed by atoms with Crippen molar-refractivity contribution < 1.29 is 28.2 Å². The van der Waals surface area contributed by atoms with Gasteiger partial charge in [-0.15, -0.1) is 11.3 Å². The molecule has 3 aliphatic heterocycles. The van der Waals surface area contributed by atoms with Crippen LogP contribution in [0.25, 0.3) is 33.4 Å². The van der Waals surface area contributed by atoms with Crippen LogP contribution in [-0.4, -0.2) is 88.4 Å². The number of nitrogens with one attached hydrogen (secondary N) is 3. The Morgan fingerprint density at radius 1 is 1.26 bits per heavy atom. The standard InChI is InChI=1S/C39H48FN7O5S/c1-6-46-31-11-10-25-17-27(31)28(34(46)26-9-7-14-41-33(26)24(2)51-5)19-37(3,4)22-52-23-38(21-48)12-8-16-47(45-38)35(49)29(18-32-43-30(25)20-53-32)44-36(50)39(40)13-15-42-39/h7,9-11,14,17,20-21,24,29,42,45H,6,8,12-13,15-16,18-19,22-23H2,1-5H3,(H,44,50)/t24-,29-,38-,39?/m0/s1. The number of hydrogen-bond donors (Lipinski definition) is 3. The summed E-state index contributed by atoms with van der Waals surface area (Å²) >= 11 is 1.38. The van der Waals surface area contributed by atoms with Gasteiger partial charge in [0.05, 0.1) is 41.4 Å². The number of carbonyl (C=O) groups is 3. The molecule has 7 rings (SSSR count). The lowest BCUT2D eigenvalue weighted by atomic mass is 9.84. The summed E-state index contributed by atoms with van der Waals surface area (Å²) in [4.78, 5) is 49.7. The van der Waals surface area contributed by atoms with Crippen LogP contribution in [0.2, 0.25) is 0 Å². The molecule has 6 bridgehead atoms. The van der Waals surface area contributed by atoms with E-state index < -0.39 is 29.2 Å². The molecule has 0 saturated carbocycles. The molecule has 14 heteroatoms. The van der Waals surface area contributed by atoms with Gasteiger partial charge in [-0.1, -0.05) is 19.9 Å². The van der Waals surface area contributed by atoms with Gasteiger partial charge >= 0.3 is 0 Å². The molecule has 0 spiro atoms. The number of amides is 2. The molecule has 1 unspecified atom stereocenters. The molecule has 53 heavy (non-hydrogen) atoms. The highest BCUT2D eigenvalue weighted by atomic mass is 32.1. The van der Waals surface area contributed by atoms with Crippen molar-refractivity contribution in [3.8, 4) is 22.5 Å². The lowest BCUT2D eigenvalue weighted by molar-refractivity contribution is -0.150. The SMILES string of the molecule is CCn1c(-c2cccnc2[C@H](C)OC)c2c3cc(ccc31)-c1csc(n1)C[C@H](NC(=O)C1(F)CCN1)C(=O)N1CCC[C@](C=O)(COCC(C)(C)C2)N1. The number of fused-ring (bicyclic) bond motifs is 6. The number of rotatable bonds is 7. The fraction of sp³-hybridized carbons (Fsp3) is 0.513. The molecular formula is C39H48FN7O5S. The third-order valence-electron chi connectivity index (χ3n) is 10.7. The summed E-state index contributed by atoms with van der Waals surface area (Å²) in [5.41, 5.74) is 8.41. The number of halogens is 1. The monoisotopic (exact) mass is 745 g/mol. The molecule has 12 nitrogen and oxygen atoms in total. The summed E-state index contributed by atoms with van der Waals surface area (Å²) in [6, 6.07) is 9.31. The molecule has 4 aromatic rings. The summed E-state index contributed by atoms with van der Waals surface area (Å²) in [6.07, 6.45) is 4.10. The van der Waals surface area contributed by atoms with Crippen molar-refractivity contribution >= 4 is 40.3 Å². The number of aryl methyl sites for hydroxylation is 1. The van der Waals surface area contributed by atoms with Crippen molar-refractivity contribution in [3.63, 3.8) is 0 Å². The van der Waals surface area contributed by atoms with Crippen molar-refractivity contribution in [2.24, 2.45) is 5.41 Å². The van der Waals surface area contributed by atoms with E-state index >= 15 is 4.39 Å². The number of methoxy groups -OCH3 is 1. The maximum Gasteiger partial charge on any atom is 0.273 e. The Kier molecular flexibility index (Phi) is 10.3. The van der Waals surface area contributed by atoms with Gasteiger partial charge in [-0.25, -0.2) is 14.8 Å². The summed E-state index contributed by atoms with van der Waals surface area (Å²) in [6.45, 7) is 10.2. The number of thiazole rings is 1. The van der Waals surface area contributed by atoms with Crippen LogP contribution in [0.15, 0.2) is 41.9 Å². The summed E-state index contributed by atoms with van der Waals surface area (Å²) in [7, 11) is 1.69. The van der Waals surface area contributed by atoms with E-state index in [4.69, 9.17) is 19.4 Å². The van der Waals surface area contributed by atoms with Crippen LogP contribution in [0, 0.1) is 5.41 Å². The van der Waals surface area contributed by atoms with Gasteiger partial charge in [-0.3, -0.25) is 24.9 Å². The van der Waals surface area contributed by atoms with Crippen LogP contribution in [-0.2, 0) is 43.2 Å². The van der Waals surface area contributed by atoms with Crippen LogP contribution in [0.5, 0.6) is 0 Å². The molecular weight excluding hydrogens is 698 g/mol. The largest absolute Gasteiger partial charge is 0.378 e. The summed E-state index contributed by atoms with van der Waals surface area (Å²) in [5.74, 6) is -3.60. The number of benzene rings is 1. The van der Waals surface area contributed by atoms with Crippen molar-refractivity contribution in [2.45, 2.75) is 89.8 Å². The number of nitrogens with zero attached hydrogens (tertiary/aromatic N) is 4. The van der Waals surface area contributed by atoms with Crippen LogP contribution in [0.1, 0.15) is 69.3 Å². The molecule has 4 atom stereocenters. The van der Waals surface area contributed by atoms with Gasteiger partial charge in [0.2, 0.25) is 5.79 Å². The minimum absolute atomic E-state index is 0.0183. The first-order chi connectivity index (χ1) is 25.4. The van der Waals surface area contributed by atoms with E-state index in [2.05, 4.69) is 65.7 Å². The average molecular weight is 746 g/mol. The Hall–Kier alpha value is -4.08. The summed E-state index contributed by atoms with van der Waals surface area (Å²) in [5, 5.41) is 10.2. The molecule has 0 radical (unpaired) electrons. The van der Waals surface area contributed by atoms with Crippen molar-refractivity contribution in [2.75, 3.05) is 33.4 Å². The molecule has 6 heterocycles. The smallest absolute Gasteiger partial charge is 0.273 e. The van der Waals surface area contributed by atoms with E-state index in [0.717, 1.165) is 57.5 Å². The maximum absolute atomic E-state index is 15.2. The number of hydrazine groups is 1. The summed E-state index contributed by atoms with van der Waals surface area (Å²) < 4.78 is 29.7. The second kappa shape index (κ2) is 14.6. The Morgan fingerprint density at radius 2 is 2.08 bits per heavy atom. The van der Waals surface area contributed by atoms with Crippen LogP contribution in [0.4, 0.5) is 4.39 Å². The highest BCUT2D eigenvalue weighted by Crippen LogP contribution is 2.42. The number of aromatic nitrogens is 3. The molecule has 0 aliphatic carbocycles. The second-order valence-corrected chi connectivity index (χ2v) is 16.2. The zero-order valence-corrected chi connectivity index (χ0v) is 31.8. The minimum Gasteiger partial charge on any atom is -0.378 e. The van der Waals surface area contributed by atoms with E-state index in [-0.39, 0.29) is 31.0 Å². The topological polar surface area (TPSA) is 140 Å². The van der Waals surface area contributed by atoms with Crippen LogP contribution in [0.3, 0.4) is 0 Å². The highest BCUT2D eigenvalue weighted by Gasteiger charge is 2.47. The first kappa shape index (κ1) is 37.2. The van der Waals surface area contributed by atoms with Gasteiger partial charge in [0.1, 0.15) is 17.9 Å². The molecule has 3 aromatic heterocycles. The number of ether oxygens (including phenoxy) is 2. The van der Waals surface area contributed by atoms with E-state index in [9.17, 15) is 14.4 Å². The van der Waals surface area contributed by atoms with E-state index in [0.29, 0.717) is 44.0 Å². The van der Waals surface area contributed by atoms with Gasteiger partial charge in [-0.05, 0) is 68.4 Å². The molecule has 1 aromatic carbocycles. The Balaban J connectivity index is 1.36. The molecule has 2 fully saturated rings. The molecule has 2 saturated heterocycles. The number of pyridine rings is 1. The van der Waals surface area contributed by atoms with Gasteiger partial charge in [-0.2, -0.15) is 0 Å². The lowest BCUT2D eigenvalue weighted by Gasteiger charge is -2.42. The molecule has 3 N–H and O–H groups in total. The number of alkyl halides is 1. The van der Waals surface area contributed by atoms with E-state index in [1.54, 1.807) is 13.3 Å². The van der Waals surface area contributed by atoms with Crippen molar-refractivity contribution in [1.82, 2.24) is 35.6 Å². The Morgan fingerprint density at radius 3 is 2.79 bits per heavy atom. The number of hydrogen-bond acceptors (Lipinski definition) is 10. The van der Waals surface area contributed by atoms with Crippen LogP contribution < -0.4 is 16.1 Å². The predicted molar refractivity (Wildman–Crippen MR) is 201 cm³/mol. The fourth-order valence-corrected chi connectivity index (χ4v) is 8.57. The lowest BCUT2D eigenvalue weighted by Crippen LogP contribution is -2.68. The number of aldehydes is 1. The minimum atomic E-state index is -2.23. The molecule has 3 aliphatic rings. The Labute approximate surface area is 312 Å². The molecule has 282 valence electrons. The zero-order chi connectivity index (χ0) is 37.5. The Bertz CT molecular complexity index is 2030. The highest BCUT2D eigenvalue weighted by molar-refractivity contribution is 7.10. The van der Waals surface area contributed by atoms with Gasteiger partial charge in [0.15, 0.2) is 0 Å². The third kappa shape index (κ3) is 7.15. The first-order valence-electron chi connectivity index (χ1n) is 18.4. The average Bonchev–Trinajstić information content (AvgIpc) is 3.74. The quantitative estimate of drug-likeness (QED) is 0.178. The third-order valence-corrected chi connectivity index (χ3v) is 11.6. The van der Waals surface area contributed by atoms with E-state index in [1.807, 2.05) is 18.4 Å². The van der Waals surface area contributed by atoms with Crippen molar-refractivity contribution in [1.29, 1.82) is 0 Å². The number of carbonyl (C=O) groups excluding carboxylic acids is 3. The first-order valence-corrected chi connectivity index (χ1v) is 19.2. The van der Waals surface area contributed by atoms with E-state index in [1.165, 1.54) is 16.3 Å². The fourth-order valence-electron chi connectivity index (χ4n) is 7.72. The van der Waals surface area contributed by atoms with Gasteiger partial charge in [0.25, 0.3) is 11.8 Å². The normalized spacial score (nSPS) is 25.4. The second-order valence-electron chi connectivity index (χ2n) is 15.3. The zero-order valence-electron chi connectivity index (χ0n) is 31.0. The van der Waals surface area contributed by atoms with Gasteiger partial charge < -0.3 is 24.2 Å². The van der Waals surface area contributed by atoms with Gasteiger partial charge in [0, 0.05) is 73.2 Å². The van der Waals surface area contributed by atoms with Crippen molar-refractivity contribution in [3.05, 3.63) is 58.2 Å². The maximum atomic E-state index is 15.2. The molecule has 2 amide bonds.